The van der Waals surface area contributed by atoms with Crippen LogP contribution in [0.4, 0.5) is 17.1 Å². The summed E-state index contributed by atoms with van der Waals surface area (Å²) in [7, 11) is 0. The third-order valence-electron chi connectivity index (χ3n) is 13.4. The van der Waals surface area contributed by atoms with Gasteiger partial charge in [-0.05, 0) is 116 Å². The first-order valence-corrected chi connectivity index (χ1v) is 22.9. The smallest absolute Gasteiger partial charge is 0.136 e. The van der Waals surface area contributed by atoms with Gasteiger partial charge in [-0.2, -0.15) is 0 Å². The first-order chi connectivity index (χ1) is 33.3. The van der Waals surface area contributed by atoms with Gasteiger partial charge in [0, 0.05) is 44.2 Å². The number of anilines is 3. The molecule has 0 atom stereocenters. The van der Waals surface area contributed by atoms with Crippen LogP contribution in [0.2, 0.25) is 0 Å². The molecule has 0 aliphatic heterocycles. The summed E-state index contributed by atoms with van der Waals surface area (Å²) in [5.74, 6) is 0. The third kappa shape index (κ3) is 6.43. The van der Waals surface area contributed by atoms with Crippen LogP contribution in [0.1, 0.15) is 0 Å². The maximum absolute atomic E-state index is 6.38. The van der Waals surface area contributed by atoms with E-state index in [4.69, 9.17) is 4.42 Å². The number of nitrogens with zero attached hydrogens (tertiary/aromatic N) is 2. The summed E-state index contributed by atoms with van der Waals surface area (Å²) in [5, 5.41) is 7.15. The molecule has 2 heterocycles. The number of rotatable bonds is 8. The molecule has 0 amide bonds. The number of para-hydroxylation sites is 4. The quantitative estimate of drug-likeness (QED) is 0.152. The van der Waals surface area contributed by atoms with Crippen LogP contribution >= 0.6 is 0 Å². The van der Waals surface area contributed by atoms with E-state index in [1.54, 1.807) is 0 Å². The highest BCUT2D eigenvalue weighted by molar-refractivity contribution is 6.16. The predicted octanol–water partition coefficient (Wildman–Crippen LogP) is 18.0. The van der Waals surface area contributed by atoms with Crippen LogP contribution in [0.5, 0.6) is 0 Å². The Kier molecular flexibility index (Phi) is 9.17. The fraction of sp³-hybridized carbons (Fsp3) is 0. The molecular formula is C64H42N2O. The molecule has 2 aromatic heterocycles. The van der Waals surface area contributed by atoms with Gasteiger partial charge in [0.1, 0.15) is 11.2 Å². The van der Waals surface area contributed by atoms with Crippen LogP contribution in [0, 0.1) is 0 Å². The lowest BCUT2D eigenvalue weighted by Crippen LogP contribution is -2.11. The molecule has 0 bridgehead atoms. The van der Waals surface area contributed by atoms with Gasteiger partial charge in [0.05, 0.1) is 16.7 Å². The minimum Gasteiger partial charge on any atom is -0.456 e. The fourth-order valence-corrected chi connectivity index (χ4v) is 10.5. The number of hydrogen-bond acceptors (Lipinski definition) is 2. The summed E-state index contributed by atoms with van der Waals surface area (Å²) in [6, 6.07) is 92.0. The van der Waals surface area contributed by atoms with E-state index in [1.807, 2.05) is 6.07 Å². The number of fused-ring (bicyclic) bond motifs is 7. The van der Waals surface area contributed by atoms with Gasteiger partial charge in [-0.25, -0.2) is 0 Å². The van der Waals surface area contributed by atoms with E-state index >= 15 is 0 Å². The maximum atomic E-state index is 6.38. The molecule has 67 heavy (non-hydrogen) atoms. The van der Waals surface area contributed by atoms with Crippen LogP contribution in [0.15, 0.2) is 259 Å². The normalized spacial score (nSPS) is 11.6. The average Bonchev–Trinajstić information content (AvgIpc) is 3.96. The minimum atomic E-state index is 0.883. The van der Waals surface area contributed by atoms with Crippen molar-refractivity contribution in [3.05, 3.63) is 255 Å². The standard InChI is InChI=1S/C64H42N2O/c1-3-18-43(19-4-1)50-29-14-20-45-21-15-32-54(62(45)50)53-26-7-10-33-57(53)65(49-25-13-22-46(42-49)52-31-17-37-61-64(52)56-28-9-12-36-60(56)67-61)48-40-38-44(39-41-48)51-30-16-35-59-63(51)55-27-8-11-34-58(55)66(59)47-23-5-2-6-24-47/h1-42H. The average molecular weight is 855 g/mol. The van der Waals surface area contributed by atoms with Gasteiger partial charge in [0.2, 0.25) is 0 Å². The SMILES string of the molecule is c1ccc(-c2cccc3cccc(-c4ccccc4N(c4ccc(-c5cccc6c5c5ccccc5n6-c5ccccc5)cc4)c4cccc(-c5cccc6oc7ccccc7c56)c4)c23)cc1. The highest BCUT2D eigenvalue weighted by Gasteiger charge is 2.22. The number of benzene rings is 11. The van der Waals surface area contributed by atoms with Gasteiger partial charge in [0.15, 0.2) is 0 Å². The van der Waals surface area contributed by atoms with E-state index in [0.717, 1.165) is 66.9 Å². The van der Waals surface area contributed by atoms with Crippen LogP contribution in [0.25, 0.3) is 105 Å². The Bertz CT molecular complexity index is 3970. The molecule has 0 radical (unpaired) electrons. The molecule has 0 spiro atoms. The van der Waals surface area contributed by atoms with Gasteiger partial charge >= 0.3 is 0 Å². The summed E-state index contributed by atoms with van der Waals surface area (Å²) >= 11 is 0. The third-order valence-corrected chi connectivity index (χ3v) is 13.4. The second-order valence-corrected chi connectivity index (χ2v) is 17.2. The van der Waals surface area contributed by atoms with Crippen LogP contribution in [0.3, 0.4) is 0 Å². The van der Waals surface area contributed by atoms with Crippen molar-refractivity contribution in [2.24, 2.45) is 0 Å². The van der Waals surface area contributed by atoms with Crippen LogP contribution in [-0.2, 0) is 0 Å². The summed E-state index contributed by atoms with van der Waals surface area (Å²) in [4.78, 5) is 2.43. The Morgan fingerprint density at radius 2 is 0.866 bits per heavy atom. The molecule has 0 aliphatic carbocycles. The highest BCUT2D eigenvalue weighted by atomic mass is 16.3. The van der Waals surface area contributed by atoms with Crippen LogP contribution in [-0.4, -0.2) is 4.57 Å². The topological polar surface area (TPSA) is 21.3 Å². The van der Waals surface area contributed by atoms with E-state index in [2.05, 4.69) is 258 Å². The summed E-state index contributed by atoms with van der Waals surface area (Å²) in [5.41, 5.74) is 17.9. The maximum Gasteiger partial charge on any atom is 0.136 e. The molecule has 0 N–H and O–H groups in total. The Labute approximate surface area is 388 Å². The molecule has 13 aromatic rings. The minimum absolute atomic E-state index is 0.883. The van der Waals surface area contributed by atoms with Crippen molar-refractivity contribution in [3.8, 4) is 50.2 Å². The van der Waals surface area contributed by atoms with Crippen molar-refractivity contribution in [3.63, 3.8) is 0 Å². The molecule has 0 saturated carbocycles. The molecule has 0 fully saturated rings. The van der Waals surface area contributed by atoms with Crippen molar-refractivity contribution in [2.45, 2.75) is 0 Å². The zero-order valence-electron chi connectivity index (χ0n) is 36.6. The summed E-state index contributed by atoms with van der Waals surface area (Å²) < 4.78 is 8.77. The van der Waals surface area contributed by atoms with Gasteiger partial charge in [-0.15, -0.1) is 0 Å². The second-order valence-electron chi connectivity index (χ2n) is 17.2. The molecule has 11 aromatic carbocycles. The number of hydrogen-bond donors (Lipinski definition) is 0. The van der Waals surface area contributed by atoms with Crippen molar-refractivity contribution < 1.29 is 4.42 Å². The molecule has 3 heteroatoms. The first kappa shape index (κ1) is 38.5. The van der Waals surface area contributed by atoms with E-state index in [1.165, 1.54) is 54.8 Å². The molecular weight excluding hydrogens is 813 g/mol. The summed E-state index contributed by atoms with van der Waals surface area (Å²) in [6.45, 7) is 0. The zero-order valence-corrected chi connectivity index (χ0v) is 36.6. The summed E-state index contributed by atoms with van der Waals surface area (Å²) in [6.07, 6.45) is 0. The Balaban J connectivity index is 1.02. The predicted molar refractivity (Wildman–Crippen MR) is 282 cm³/mol. The van der Waals surface area contributed by atoms with E-state index < -0.39 is 0 Å². The highest BCUT2D eigenvalue weighted by Crippen LogP contribution is 2.47. The molecule has 3 nitrogen and oxygen atoms in total. The van der Waals surface area contributed by atoms with Crippen molar-refractivity contribution in [1.82, 2.24) is 4.57 Å². The van der Waals surface area contributed by atoms with Crippen molar-refractivity contribution in [2.75, 3.05) is 4.90 Å². The van der Waals surface area contributed by atoms with E-state index in [-0.39, 0.29) is 0 Å². The van der Waals surface area contributed by atoms with Gasteiger partial charge in [0.25, 0.3) is 0 Å². The largest absolute Gasteiger partial charge is 0.456 e. The number of aromatic nitrogens is 1. The zero-order chi connectivity index (χ0) is 44.3. The monoisotopic (exact) mass is 854 g/mol. The lowest BCUT2D eigenvalue weighted by Gasteiger charge is -2.29. The van der Waals surface area contributed by atoms with Crippen molar-refractivity contribution >= 4 is 71.6 Å². The Hall–Kier alpha value is -8.92. The van der Waals surface area contributed by atoms with Crippen molar-refractivity contribution in [1.29, 1.82) is 0 Å². The van der Waals surface area contributed by atoms with Crippen LogP contribution < -0.4 is 4.90 Å². The molecule has 0 aliphatic rings. The van der Waals surface area contributed by atoms with Gasteiger partial charge < -0.3 is 13.9 Å². The van der Waals surface area contributed by atoms with E-state index in [0.29, 0.717) is 0 Å². The van der Waals surface area contributed by atoms with E-state index in [9.17, 15) is 0 Å². The molecule has 13 rings (SSSR count). The van der Waals surface area contributed by atoms with Gasteiger partial charge in [-0.1, -0.05) is 188 Å². The fourth-order valence-electron chi connectivity index (χ4n) is 10.5. The lowest BCUT2D eigenvalue weighted by molar-refractivity contribution is 0.669. The first-order valence-electron chi connectivity index (χ1n) is 22.9. The molecule has 314 valence electrons. The molecule has 0 saturated heterocycles. The van der Waals surface area contributed by atoms with Gasteiger partial charge in [-0.3, -0.25) is 0 Å². The molecule has 0 unspecified atom stereocenters. The lowest BCUT2D eigenvalue weighted by atomic mass is 9.90. The number of furan rings is 1. The second kappa shape index (κ2) is 16.0. The Morgan fingerprint density at radius 1 is 0.313 bits per heavy atom. The Morgan fingerprint density at radius 3 is 1.69 bits per heavy atom.